The summed E-state index contributed by atoms with van der Waals surface area (Å²) in [4.78, 5) is 26.4. The molecule has 0 aromatic heterocycles. The Labute approximate surface area is 167 Å². The predicted octanol–water partition coefficient (Wildman–Crippen LogP) is 3.95. The van der Waals surface area contributed by atoms with Gasteiger partial charge in [0.05, 0.1) is 14.2 Å². The molecule has 1 amide bonds. The van der Waals surface area contributed by atoms with Gasteiger partial charge in [-0.15, -0.1) is 11.8 Å². The van der Waals surface area contributed by atoms with Crippen molar-refractivity contribution in [2.45, 2.75) is 11.7 Å². The Balaban J connectivity index is 1.89. The molecule has 2 aromatic rings. The van der Waals surface area contributed by atoms with Crippen LogP contribution in [0.3, 0.4) is 0 Å². The second-order valence-electron chi connectivity index (χ2n) is 6.24. The van der Waals surface area contributed by atoms with Crippen LogP contribution in [0.5, 0.6) is 11.5 Å². The van der Waals surface area contributed by atoms with E-state index >= 15 is 0 Å². The van der Waals surface area contributed by atoms with Gasteiger partial charge in [-0.3, -0.25) is 4.79 Å². The minimum Gasteiger partial charge on any atom is -0.493 e. The van der Waals surface area contributed by atoms with Gasteiger partial charge in [-0.05, 0) is 23.8 Å². The average Bonchev–Trinajstić information content (AvgIpc) is 3.18. The highest BCUT2D eigenvalue weighted by atomic mass is 32.2. The van der Waals surface area contributed by atoms with E-state index in [0.717, 1.165) is 5.56 Å². The smallest absolute Gasteiger partial charge is 0.343 e. The van der Waals surface area contributed by atoms with E-state index in [9.17, 15) is 14.7 Å². The summed E-state index contributed by atoms with van der Waals surface area (Å²) in [6.07, 6.45) is 0.464. The molecule has 1 atom stereocenters. The number of methoxy groups -OCH3 is 2. The third-order valence-electron chi connectivity index (χ3n) is 4.61. The Kier molecular flexibility index (Phi) is 5.94. The molecule has 28 heavy (non-hydrogen) atoms. The zero-order chi connectivity index (χ0) is 20.3. The van der Waals surface area contributed by atoms with Gasteiger partial charge in [0.15, 0.2) is 11.5 Å². The Morgan fingerprint density at radius 3 is 2.36 bits per heavy atom. The number of carbonyl (C=O) groups is 2. The lowest BCUT2D eigenvalue weighted by molar-refractivity contribution is -0.131. The highest BCUT2D eigenvalue weighted by Crippen LogP contribution is 2.48. The summed E-state index contributed by atoms with van der Waals surface area (Å²) < 4.78 is 10.5. The van der Waals surface area contributed by atoms with E-state index in [1.807, 2.05) is 30.3 Å². The number of hydrogen-bond donors (Lipinski definition) is 1. The maximum atomic E-state index is 13.0. The van der Waals surface area contributed by atoms with Gasteiger partial charge in [-0.2, -0.15) is 0 Å². The van der Waals surface area contributed by atoms with E-state index in [4.69, 9.17) is 9.47 Å². The lowest BCUT2D eigenvalue weighted by Gasteiger charge is -2.20. The van der Waals surface area contributed by atoms with Crippen LogP contribution < -0.4 is 9.47 Å². The molecule has 1 heterocycles. The molecular formula is C21H21NO5S. The van der Waals surface area contributed by atoms with Crippen LogP contribution in [0.4, 0.5) is 0 Å². The normalized spacial score (nSPS) is 16.0. The summed E-state index contributed by atoms with van der Waals surface area (Å²) >= 11 is 1.28. The first-order valence-electron chi connectivity index (χ1n) is 8.64. The molecule has 0 saturated heterocycles. The Bertz CT molecular complexity index is 926. The van der Waals surface area contributed by atoms with E-state index in [1.54, 1.807) is 25.2 Å². The second-order valence-corrected chi connectivity index (χ2v) is 7.45. The van der Waals surface area contributed by atoms with Crippen LogP contribution in [0.2, 0.25) is 0 Å². The number of thioether (sulfide) groups is 1. The molecule has 3 rings (SSSR count). The standard InChI is InChI=1S/C21H21NO5S/c1-22(20(23)14-9-10-16(26-2)17(11-14)27-3)15-12-18(28-19(15)21(24)25)13-7-5-4-6-8-13/h4-11,18H,12H2,1-3H3,(H,24,25). The Morgan fingerprint density at radius 2 is 1.75 bits per heavy atom. The fraction of sp³-hybridized carbons (Fsp3) is 0.238. The van der Waals surface area contributed by atoms with Crippen molar-refractivity contribution in [3.8, 4) is 11.5 Å². The van der Waals surface area contributed by atoms with Crippen LogP contribution in [0.1, 0.15) is 27.6 Å². The molecule has 2 aromatic carbocycles. The summed E-state index contributed by atoms with van der Waals surface area (Å²) in [5, 5.41) is 9.61. The molecule has 0 fully saturated rings. The first-order valence-corrected chi connectivity index (χ1v) is 9.52. The maximum Gasteiger partial charge on any atom is 0.343 e. The largest absolute Gasteiger partial charge is 0.493 e. The zero-order valence-corrected chi connectivity index (χ0v) is 16.7. The lowest BCUT2D eigenvalue weighted by atomic mass is 10.1. The number of benzene rings is 2. The van der Waals surface area contributed by atoms with Crippen molar-refractivity contribution in [2.75, 3.05) is 21.3 Å². The summed E-state index contributed by atoms with van der Waals surface area (Å²) in [5.41, 5.74) is 1.94. The number of hydrogen-bond acceptors (Lipinski definition) is 5. The number of allylic oxidation sites excluding steroid dienone is 1. The van der Waals surface area contributed by atoms with Gasteiger partial charge in [0.25, 0.3) is 5.91 Å². The van der Waals surface area contributed by atoms with E-state index < -0.39 is 5.97 Å². The lowest BCUT2D eigenvalue weighted by Crippen LogP contribution is -2.27. The van der Waals surface area contributed by atoms with Crippen LogP contribution >= 0.6 is 11.8 Å². The van der Waals surface area contributed by atoms with E-state index in [2.05, 4.69) is 0 Å². The number of nitrogens with zero attached hydrogens (tertiary/aromatic N) is 1. The molecule has 0 spiro atoms. The zero-order valence-electron chi connectivity index (χ0n) is 15.8. The van der Waals surface area contributed by atoms with E-state index in [1.165, 1.54) is 30.9 Å². The van der Waals surface area contributed by atoms with Crippen molar-refractivity contribution >= 4 is 23.6 Å². The second kappa shape index (κ2) is 8.39. The number of carboxylic acids is 1. The van der Waals surface area contributed by atoms with Crippen molar-refractivity contribution in [1.29, 1.82) is 0 Å². The Hall–Kier alpha value is -2.93. The van der Waals surface area contributed by atoms with Crippen molar-refractivity contribution in [3.05, 3.63) is 70.3 Å². The summed E-state index contributed by atoms with van der Waals surface area (Å²) in [5.74, 6) is -0.362. The molecule has 0 saturated carbocycles. The van der Waals surface area contributed by atoms with Crippen molar-refractivity contribution in [2.24, 2.45) is 0 Å². The van der Waals surface area contributed by atoms with Crippen LogP contribution in [0, 0.1) is 0 Å². The minimum atomic E-state index is -1.02. The maximum absolute atomic E-state index is 13.0. The highest BCUT2D eigenvalue weighted by molar-refractivity contribution is 8.04. The van der Waals surface area contributed by atoms with Crippen molar-refractivity contribution < 1.29 is 24.2 Å². The molecule has 6 nitrogen and oxygen atoms in total. The number of carboxylic acid groups (broad SMARTS) is 1. The molecule has 7 heteroatoms. The molecule has 0 radical (unpaired) electrons. The third kappa shape index (κ3) is 3.84. The van der Waals surface area contributed by atoms with Gasteiger partial charge in [0, 0.05) is 30.0 Å². The van der Waals surface area contributed by atoms with E-state index in [0.29, 0.717) is 29.2 Å². The molecule has 1 N–H and O–H groups in total. The quantitative estimate of drug-likeness (QED) is 0.793. The minimum absolute atomic E-state index is 0.0389. The number of amides is 1. The van der Waals surface area contributed by atoms with Gasteiger partial charge in [0.2, 0.25) is 0 Å². The molecule has 1 unspecified atom stereocenters. The molecule has 1 aliphatic rings. The van der Waals surface area contributed by atoms with Crippen LogP contribution in [0.25, 0.3) is 0 Å². The van der Waals surface area contributed by atoms with Crippen LogP contribution in [-0.2, 0) is 4.79 Å². The first kappa shape index (κ1) is 19.8. The number of aliphatic carboxylic acids is 1. The topological polar surface area (TPSA) is 76.1 Å². The first-order chi connectivity index (χ1) is 13.5. The van der Waals surface area contributed by atoms with Crippen molar-refractivity contribution in [3.63, 3.8) is 0 Å². The molecule has 0 bridgehead atoms. The van der Waals surface area contributed by atoms with Crippen LogP contribution in [-0.4, -0.2) is 43.2 Å². The highest BCUT2D eigenvalue weighted by Gasteiger charge is 2.34. The molecule has 146 valence electrons. The summed E-state index contributed by atoms with van der Waals surface area (Å²) in [7, 11) is 4.62. The molecule has 0 aliphatic carbocycles. The van der Waals surface area contributed by atoms with E-state index in [-0.39, 0.29) is 16.1 Å². The van der Waals surface area contributed by atoms with Crippen LogP contribution in [0.15, 0.2) is 59.1 Å². The van der Waals surface area contributed by atoms with Gasteiger partial charge in [0.1, 0.15) is 4.91 Å². The molecule has 1 aliphatic heterocycles. The Morgan fingerprint density at radius 1 is 1.07 bits per heavy atom. The monoisotopic (exact) mass is 399 g/mol. The van der Waals surface area contributed by atoms with Gasteiger partial charge in [-0.1, -0.05) is 30.3 Å². The van der Waals surface area contributed by atoms with Gasteiger partial charge >= 0.3 is 5.97 Å². The number of ether oxygens (including phenoxy) is 2. The molecular weight excluding hydrogens is 378 g/mol. The van der Waals surface area contributed by atoms with Crippen molar-refractivity contribution in [1.82, 2.24) is 4.90 Å². The van der Waals surface area contributed by atoms with Gasteiger partial charge in [-0.25, -0.2) is 4.79 Å². The van der Waals surface area contributed by atoms with Gasteiger partial charge < -0.3 is 19.5 Å². The fourth-order valence-corrected chi connectivity index (χ4v) is 4.40. The predicted molar refractivity (Wildman–Crippen MR) is 108 cm³/mol. The summed E-state index contributed by atoms with van der Waals surface area (Å²) in [6, 6.07) is 14.6. The third-order valence-corrected chi connectivity index (χ3v) is 5.98. The fourth-order valence-electron chi connectivity index (χ4n) is 3.12. The number of carbonyl (C=O) groups excluding carboxylic acids is 1. The number of rotatable bonds is 6. The SMILES string of the molecule is COc1ccc(C(=O)N(C)C2=C(C(=O)O)SC(c3ccccc3)C2)cc1OC. The summed E-state index contributed by atoms with van der Waals surface area (Å²) in [6.45, 7) is 0. The average molecular weight is 399 g/mol.